The third kappa shape index (κ3) is 5.47. The predicted octanol–water partition coefficient (Wildman–Crippen LogP) is 4.47. The van der Waals surface area contributed by atoms with Gasteiger partial charge in [-0.05, 0) is 51.1 Å². The minimum Gasteiger partial charge on any atom is -0.394 e. The molecular formula is C28H34F2N8O. The van der Waals surface area contributed by atoms with E-state index in [0.717, 1.165) is 44.5 Å². The van der Waals surface area contributed by atoms with Crippen molar-refractivity contribution in [3.8, 4) is 11.3 Å². The molecule has 39 heavy (non-hydrogen) atoms. The first-order chi connectivity index (χ1) is 18.8. The van der Waals surface area contributed by atoms with Crippen molar-refractivity contribution in [1.82, 2.24) is 34.3 Å². The molecule has 0 unspecified atom stereocenters. The standard InChI is InChI=1S/C28H34F2N8O/c1-5-36-8-10-37(11-9-36)24(16-39)19-6-7-25(31-14-19)34-28-32-15-22(30)26(35-28)20-12-21(29)27-23(13-20)38(17(2)3)18(4)33-27/h6-7,12-15,17,24,39H,5,8-11,16H2,1-4H3,(H,31,32,34,35)/t24-/m0/s1. The molecule has 9 nitrogen and oxygen atoms in total. The van der Waals surface area contributed by atoms with E-state index in [1.807, 2.05) is 31.4 Å². The summed E-state index contributed by atoms with van der Waals surface area (Å²) in [6, 6.07) is 6.56. The first-order valence-electron chi connectivity index (χ1n) is 13.3. The Labute approximate surface area is 226 Å². The van der Waals surface area contributed by atoms with Gasteiger partial charge in [-0.1, -0.05) is 13.0 Å². The number of nitrogens with one attached hydrogen (secondary N) is 1. The van der Waals surface area contributed by atoms with E-state index in [0.29, 0.717) is 22.7 Å². The summed E-state index contributed by atoms with van der Waals surface area (Å²) < 4.78 is 31.7. The van der Waals surface area contributed by atoms with E-state index in [1.165, 1.54) is 6.07 Å². The molecule has 0 amide bonds. The van der Waals surface area contributed by atoms with Crippen molar-refractivity contribution in [1.29, 1.82) is 0 Å². The summed E-state index contributed by atoms with van der Waals surface area (Å²) in [5.74, 6) is 0.0880. The van der Waals surface area contributed by atoms with Crippen molar-refractivity contribution < 1.29 is 13.9 Å². The molecule has 0 bridgehead atoms. The lowest BCUT2D eigenvalue weighted by Gasteiger charge is -2.38. The van der Waals surface area contributed by atoms with Crippen molar-refractivity contribution in [2.45, 2.75) is 39.8 Å². The Bertz CT molecular complexity index is 1450. The Kier molecular flexibility index (Phi) is 7.83. The smallest absolute Gasteiger partial charge is 0.229 e. The molecule has 1 atom stereocenters. The first-order valence-corrected chi connectivity index (χ1v) is 13.3. The monoisotopic (exact) mass is 536 g/mol. The molecule has 3 aromatic heterocycles. The SMILES string of the molecule is CCN1CCN([C@@H](CO)c2ccc(Nc3ncc(F)c(-c4cc(F)c5nc(C)n(C(C)C)c5c4)n3)nc2)CC1. The van der Waals surface area contributed by atoms with Crippen LogP contribution in [0.2, 0.25) is 0 Å². The van der Waals surface area contributed by atoms with Gasteiger partial charge in [0.15, 0.2) is 11.6 Å². The highest BCUT2D eigenvalue weighted by atomic mass is 19.1. The van der Waals surface area contributed by atoms with E-state index in [1.54, 1.807) is 18.3 Å². The van der Waals surface area contributed by atoms with Crippen LogP contribution in [0.3, 0.4) is 0 Å². The number of aliphatic hydroxyl groups is 1. The Morgan fingerprint density at radius 3 is 2.41 bits per heavy atom. The van der Waals surface area contributed by atoms with Crippen molar-refractivity contribution in [2.75, 3.05) is 44.6 Å². The quantitative estimate of drug-likeness (QED) is 0.341. The number of aryl methyl sites for hydroxylation is 1. The van der Waals surface area contributed by atoms with Gasteiger partial charge in [-0.25, -0.2) is 28.7 Å². The molecule has 1 aliphatic heterocycles. The molecule has 5 rings (SSSR count). The summed E-state index contributed by atoms with van der Waals surface area (Å²) in [5.41, 5.74) is 2.01. The highest BCUT2D eigenvalue weighted by Gasteiger charge is 2.24. The second-order valence-corrected chi connectivity index (χ2v) is 10.1. The molecule has 1 fully saturated rings. The van der Waals surface area contributed by atoms with Gasteiger partial charge in [-0.15, -0.1) is 0 Å². The Morgan fingerprint density at radius 1 is 1.00 bits per heavy atom. The van der Waals surface area contributed by atoms with E-state index in [4.69, 9.17) is 0 Å². The molecule has 11 heteroatoms. The maximum absolute atomic E-state index is 15.0. The number of hydrogen-bond acceptors (Lipinski definition) is 8. The van der Waals surface area contributed by atoms with Crippen LogP contribution in [0.1, 0.15) is 44.2 Å². The topological polar surface area (TPSA) is 95.2 Å². The second-order valence-electron chi connectivity index (χ2n) is 10.1. The summed E-state index contributed by atoms with van der Waals surface area (Å²) in [7, 11) is 0. The molecule has 2 N–H and O–H groups in total. The zero-order valence-electron chi connectivity index (χ0n) is 22.7. The third-order valence-electron chi connectivity index (χ3n) is 7.34. The second kappa shape index (κ2) is 11.3. The van der Waals surface area contributed by atoms with Crippen LogP contribution >= 0.6 is 0 Å². The zero-order chi connectivity index (χ0) is 27.7. The maximum Gasteiger partial charge on any atom is 0.229 e. The minimum atomic E-state index is -0.663. The van der Waals surface area contributed by atoms with Crippen LogP contribution in [0.15, 0.2) is 36.7 Å². The van der Waals surface area contributed by atoms with Crippen LogP contribution in [-0.2, 0) is 0 Å². The molecule has 1 aliphatic rings. The molecule has 4 aromatic rings. The van der Waals surface area contributed by atoms with Gasteiger partial charge in [0.1, 0.15) is 22.9 Å². The largest absolute Gasteiger partial charge is 0.394 e. The van der Waals surface area contributed by atoms with E-state index >= 15 is 0 Å². The van der Waals surface area contributed by atoms with Crippen LogP contribution in [0.5, 0.6) is 0 Å². The molecule has 0 radical (unpaired) electrons. The number of benzene rings is 1. The Morgan fingerprint density at radius 2 is 1.77 bits per heavy atom. The number of pyridine rings is 1. The van der Waals surface area contributed by atoms with Crippen LogP contribution in [0.4, 0.5) is 20.5 Å². The number of piperazine rings is 1. The molecule has 0 spiro atoms. The molecule has 1 aromatic carbocycles. The van der Waals surface area contributed by atoms with Crippen molar-refractivity contribution in [2.24, 2.45) is 0 Å². The fraction of sp³-hybridized carbons (Fsp3) is 0.429. The molecule has 206 valence electrons. The first kappa shape index (κ1) is 27.0. The lowest BCUT2D eigenvalue weighted by atomic mass is 10.1. The van der Waals surface area contributed by atoms with E-state index < -0.39 is 11.6 Å². The number of aliphatic hydroxyl groups excluding tert-OH is 1. The predicted molar refractivity (Wildman–Crippen MR) is 147 cm³/mol. The van der Waals surface area contributed by atoms with E-state index in [-0.39, 0.29) is 35.8 Å². The molecule has 0 saturated carbocycles. The number of likely N-dealkylation sites (N-methyl/N-ethyl adjacent to an activating group) is 1. The van der Waals surface area contributed by atoms with Gasteiger partial charge in [0.05, 0.1) is 24.4 Å². The molecule has 0 aliphatic carbocycles. The normalized spacial score (nSPS) is 15.8. The average Bonchev–Trinajstić information content (AvgIpc) is 3.28. The molecule has 4 heterocycles. The van der Waals surface area contributed by atoms with Gasteiger partial charge < -0.3 is 19.9 Å². The molecule has 1 saturated heterocycles. The number of imidazole rings is 1. The van der Waals surface area contributed by atoms with Crippen molar-refractivity contribution >= 4 is 22.8 Å². The van der Waals surface area contributed by atoms with Gasteiger partial charge in [-0.3, -0.25) is 4.90 Å². The molecular weight excluding hydrogens is 502 g/mol. The lowest BCUT2D eigenvalue weighted by Crippen LogP contribution is -2.48. The van der Waals surface area contributed by atoms with Crippen LogP contribution in [0.25, 0.3) is 22.3 Å². The summed E-state index contributed by atoms with van der Waals surface area (Å²) in [4.78, 5) is 21.9. The fourth-order valence-corrected chi connectivity index (χ4v) is 5.30. The maximum atomic E-state index is 15.0. The average molecular weight is 537 g/mol. The van der Waals surface area contributed by atoms with E-state index in [2.05, 4.69) is 42.0 Å². The fourth-order valence-electron chi connectivity index (χ4n) is 5.30. The number of aromatic nitrogens is 5. The van der Waals surface area contributed by atoms with Crippen LogP contribution in [-0.4, -0.2) is 78.7 Å². The van der Waals surface area contributed by atoms with Crippen molar-refractivity contribution in [3.63, 3.8) is 0 Å². The lowest BCUT2D eigenvalue weighted by molar-refractivity contribution is 0.0671. The summed E-state index contributed by atoms with van der Waals surface area (Å²) in [6.45, 7) is 12.7. The van der Waals surface area contributed by atoms with E-state index in [9.17, 15) is 13.9 Å². The van der Waals surface area contributed by atoms with Gasteiger partial charge in [0.2, 0.25) is 5.95 Å². The van der Waals surface area contributed by atoms with Crippen molar-refractivity contribution in [3.05, 3.63) is 59.7 Å². The zero-order valence-corrected chi connectivity index (χ0v) is 22.7. The summed E-state index contributed by atoms with van der Waals surface area (Å²) in [5, 5.41) is 13.1. The highest BCUT2D eigenvalue weighted by Crippen LogP contribution is 2.30. The number of halogens is 2. The summed E-state index contributed by atoms with van der Waals surface area (Å²) in [6.07, 6.45) is 2.78. The van der Waals surface area contributed by atoms with Gasteiger partial charge in [0.25, 0.3) is 0 Å². The number of rotatable bonds is 8. The Balaban J connectivity index is 1.38. The number of hydrogen-bond donors (Lipinski definition) is 2. The van der Waals surface area contributed by atoms with Crippen LogP contribution in [0, 0.1) is 18.6 Å². The third-order valence-corrected chi connectivity index (χ3v) is 7.34. The number of fused-ring (bicyclic) bond motifs is 1. The number of anilines is 2. The summed E-state index contributed by atoms with van der Waals surface area (Å²) >= 11 is 0. The van der Waals surface area contributed by atoms with Gasteiger partial charge in [0, 0.05) is 44.0 Å². The Hall–Kier alpha value is -3.54. The van der Waals surface area contributed by atoms with Gasteiger partial charge >= 0.3 is 0 Å². The van der Waals surface area contributed by atoms with Gasteiger partial charge in [-0.2, -0.15) is 0 Å². The highest BCUT2D eigenvalue weighted by molar-refractivity contribution is 5.83. The number of nitrogens with zero attached hydrogens (tertiary/aromatic N) is 7. The van der Waals surface area contributed by atoms with Crippen LogP contribution < -0.4 is 5.32 Å². The minimum absolute atomic E-state index is 0.00114.